The van der Waals surface area contributed by atoms with Crippen LogP contribution in [0, 0.1) is 0 Å². The number of amides is 1. The monoisotopic (exact) mass is 409 g/mol. The van der Waals surface area contributed by atoms with Gasteiger partial charge < -0.3 is 9.84 Å². The number of allylic oxidation sites excluding steroid dienone is 7. The van der Waals surface area contributed by atoms with Crippen molar-refractivity contribution in [1.29, 1.82) is 0 Å². The summed E-state index contributed by atoms with van der Waals surface area (Å²) in [6.45, 7) is 12.9. The standard InChI is InChI=1S/C23H40NO3P/c1-18(2)10-7-11-19(3)12-8-13-20(4)14-9-15-21(5)16-17-24-23(25)22(6)27-28-26/h10,12,14,16,22H,7-9,11,13,15,17,28H2,1-6H3,(H,24,25)/b19-12+,20-14+,21-16+. The summed E-state index contributed by atoms with van der Waals surface area (Å²) in [6.07, 6.45) is 14.9. The Bertz CT molecular complexity index is 599. The van der Waals surface area contributed by atoms with Crippen LogP contribution in [0.4, 0.5) is 0 Å². The smallest absolute Gasteiger partial charge is 0.249 e. The number of hydrogen-bond acceptors (Lipinski definition) is 3. The van der Waals surface area contributed by atoms with Crippen LogP contribution < -0.4 is 5.32 Å². The lowest BCUT2D eigenvalue weighted by Gasteiger charge is -2.08. The SMILES string of the molecule is CC(C)=CCC/C(C)=C/CC/C(C)=C/CC/C(C)=C/CNC(=O)C(C)O[PH2]=O. The second kappa shape index (κ2) is 16.6. The Morgan fingerprint density at radius 1 is 0.857 bits per heavy atom. The Kier molecular flexibility index (Phi) is 15.7. The van der Waals surface area contributed by atoms with Gasteiger partial charge in [-0.15, -0.1) is 0 Å². The molecule has 0 heterocycles. The molecule has 0 saturated heterocycles. The Morgan fingerprint density at radius 2 is 1.32 bits per heavy atom. The molecule has 2 unspecified atom stereocenters. The Labute approximate surface area is 173 Å². The molecule has 5 heteroatoms. The van der Waals surface area contributed by atoms with Crippen molar-refractivity contribution in [2.75, 3.05) is 6.54 Å². The molecule has 0 aromatic heterocycles. The van der Waals surface area contributed by atoms with Crippen LogP contribution in [0.15, 0.2) is 46.6 Å². The maximum Gasteiger partial charge on any atom is 0.249 e. The van der Waals surface area contributed by atoms with Gasteiger partial charge in [-0.1, -0.05) is 46.6 Å². The topological polar surface area (TPSA) is 55.4 Å². The van der Waals surface area contributed by atoms with E-state index in [0.29, 0.717) is 6.54 Å². The van der Waals surface area contributed by atoms with Crippen molar-refractivity contribution in [3.63, 3.8) is 0 Å². The van der Waals surface area contributed by atoms with Crippen LogP contribution in [0.1, 0.15) is 80.1 Å². The molecule has 1 amide bonds. The minimum atomic E-state index is -1.35. The average molecular weight is 410 g/mol. The molecule has 0 saturated carbocycles. The van der Waals surface area contributed by atoms with E-state index in [2.05, 4.69) is 58.2 Å². The fourth-order valence-corrected chi connectivity index (χ4v) is 2.89. The molecule has 0 aliphatic heterocycles. The van der Waals surface area contributed by atoms with Crippen LogP contribution in [0.3, 0.4) is 0 Å². The molecular formula is C23H40NO3P. The van der Waals surface area contributed by atoms with Gasteiger partial charge in [0.25, 0.3) is 0 Å². The molecule has 0 spiro atoms. The molecule has 0 aliphatic rings. The molecule has 28 heavy (non-hydrogen) atoms. The van der Waals surface area contributed by atoms with Crippen molar-refractivity contribution < 1.29 is 13.9 Å². The maximum atomic E-state index is 11.6. The minimum Gasteiger partial charge on any atom is -0.350 e. The van der Waals surface area contributed by atoms with Gasteiger partial charge in [-0.2, -0.15) is 0 Å². The van der Waals surface area contributed by atoms with Crippen molar-refractivity contribution in [1.82, 2.24) is 5.32 Å². The number of rotatable bonds is 14. The summed E-state index contributed by atoms with van der Waals surface area (Å²) in [7, 11) is -1.35. The number of carbonyl (C=O) groups excluding carboxylic acids is 1. The highest BCUT2D eigenvalue weighted by atomic mass is 31.1. The summed E-state index contributed by atoms with van der Waals surface area (Å²) in [6, 6.07) is 0. The lowest BCUT2D eigenvalue weighted by molar-refractivity contribution is -0.126. The third kappa shape index (κ3) is 15.7. The predicted molar refractivity (Wildman–Crippen MR) is 122 cm³/mol. The summed E-state index contributed by atoms with van der Waals surface area (Å²) in [5, 5.41) is 2.77. The van der Waals surface area contributed by atoms with E-state index in [1.54, 1.807) is 6.92 Å². The Balaban J connectivity index is 4.07. The van der Waals surface area contributed by atoms with Crippen LogP contribution >= 0.6 is 8.69 Å². The molecule has 2 atom stereocenters. The van der Waals surface area contributed by atoms with Gasteiger partial charge >= 0.3 is 0 Å². The maximum absolute atomic E-state index is 11.6. The molecule has 0 aromatic rings. The lowest BCUT2D eigenvalue weighted by atomic mass is 10.0. The first kappa shape index (κ1) is 26.6. The molecule has 4 nitrogen and oxygen atoms in total. The van der Waals surface area contributed by atoms with Crippen molar-refractivity contribution in [2.24, 2.45) is 0 Å². The zero-order valence-electron chi connectivity index (χ0n) is 18.6. The molecule has 0 rings (SSSR count). The first-order chi connectivity index (χ1) is 13.3. The largest absolute Gasteiger partial charge is 0.350 e. The van der Waals surface area contributed by atoms with Crippen molar-refractivity contribution >= 4 is 14.6 Å². The van der Waals surface area contributed by atoms with Crippen LogP contribution in [0.5, 0.6) is 0 Å². The first-order valence-corrected chi connectivity index (χ1v) is 11.2. The summed E-state index contributed by atoms with van der Waals surface area (Å²) < 4.78 is 15.2. The van der Waals surface area contributed by atoms with Gasteiger partial charge in [-0.3, -0.25) is 9.36 Å². The van der Waals surface area contributed by atoms with Crippen LogP contribution in [0.2, 0.25) is 0 Å². The predicted octanol–water partition coefficient (Wildman–Crippen LogP) is 6.32. The molecule has 160 valence electrons. The Morgan fingerprint density at radius 3 is 1.79 bits per heavy atom. The highest BCUT2D eigenvalue weighted by molar-refractivity contribution is 7.17. The van der Waals surface area contributed by atoms with Gasteiger partial charge in [-0.25, -0.2) is 0 Å². The van der Waals surface area contributed by atoms with Crippen LogP contribution in [0.25, 0.3) is 0 Å². The first-order valence-electron chi connectivity index (χ1n) is 10.2. The fraction of sp³-hybridized carbons (Fsp3) is 0.609. The van der Waals surface area contributed by atoms with E-state index < -0.39 is 14.8 Å². The summed E-state index contributed by atoms with van der Waals surface area (Å²) >= 11 is 0. The number of hydrogen-bond donors (Lipinski definition) is 1. The summed E-state index contributed by atoms with van der Waals surface area (Å²) in [4.78, 5) is 11.6. The van der Waals surface area contributed by atoms with Gasteiger partial charge in [0, 0.05) is 6.54 Å². The second-order valence-corrected chi connectivity index (χ2v) is 8.13. The van der Waals surface area contributed by atoms with E-state index in [0.717, 1.165) is 38.5 Å². The molecule has 0 radical (unpaired) electrons. The zero-order valence-corrected chi connectivity index (χ0v) is 19.8. The summed E-state index contributed by atoms with van der Waals surface area (Å²) in [5.74, 6) is -0.229. The van der Waals surface area contributed by atoms with E-state index in [1.165, 1.54) is 22.3 Å². The van der Waals surface area contributed by atoms with Crippen LogP contribution in [-0.2, 0) is 13.9 Å². The molecule has 1 N–H and O–H groups in total. The third-order valence-electron chi connectivity index (χ3n) is 4.51. The van der Waals surface area contributed by atoms with E-state index in [1.807, 2.05) is 6.08 Å². The highest BCUT2D eigenvalue weighted by Gasteiger charge is 2.10. The molecule has 0 bridgehead atoms. The zero-order chi connectivity index (χ0) is 21.4. The molecule has 0 aliphatic carbocycles. The van der Waals surface area contributed by atoms with E-state index in [9.17, 15) is 9.36 Å². The molecular weight excluding hydrogens is 369 g/mol. The van der Waals surface area contributed by atoms with Gasteiger partial charge in [0.1, 0.15) is 6.10 Å². The third-order valence-corrected chi connectivity index (χ3v) is 5.03. The average Bonchev–Trinajstić information content (AvgIpc) is 2.61. The van der Waals surface area contributed by atoms with Gasteiger partial charge in [0.15, 0.2) is 8.69 Å². The fourth-order valence-electron chi connectivity index (χ4n) is 2.60. The van der Waals surface area contributed by atoms with Crippen molar-refractivity contribution in [3.05, 3.63) is 46.6 Å². The molecule has 0 fully saturated rings. The van der Waals surface area contributed by atoms with E-state index in [4.69, 9.17) is 4.52 Å². The van der Waals surface area contributed by atoms with E-state index >= 15 is 0 Å². The second-order valence-electron chi connectivity index (χ2n) is 7.67. The number of nitrogens with one attached hydrogen (secondary N) is 1. The quantitative estimate of drug-likeness (QED) is 0.270. The highest BCUT2D eigenvalue weighted by Crippen LogP contribution is 2.13. The molecule has 0 aromatic carbocycles. The van der Waals surface area contributed by atoms with Gasteiger partial charge in [-0.05, 0) is 80.1 Å². The lowest BCUT2D eigenvalue weighted by Crippen LogP contribution is -2.33. The van der Waals surface area contributed by atoms with E-state index in [-0.39, 0.29) is 5.91 Å². The number of carbonyl (C=O) groups is 1. The summed E-state index contributed by atoms with van der Waals surface area (Å²) in [5.41, 5.74) is 5.55. The van der Waals surface area contributed by atoms with Crippen LogP contribution in [-0.4, -0.2) is 18.6 Å². The van der Waals surface area contributed by atoms with Crippen molar-refractivity contribution in [2.45, 2.75) is 86.2 Å². The van der Waals surface area contributed by atoms with Crippen molar-refractivity contribution in [3.8, 4) is 0 Å². The minimum absolute atomic E-state index is 0.229. The van der Waals surface area contributed by atoms with Gasteiger partial charge in [0.05, 0.1) is 0 Å². The normalized spacial score (nSPS) is 14.4. The van der Waals surface area contributed by atoms with Gasteiger partial charge in [0.2, 0.25) is 5.91 Å². The Hall–Kier alpha value is -1.38.